The van der Waals surface area contributed by atoms with Crippen LogP contribution in [0.4, 0.5) is 5.69 Å². The third kappa shape index (κ3) is 4.03. The maximum absolute atomic E-state index is 13.1. The van der Waals surface area contributed by atoms with E-state index in [0.717, 1.165) is 12.1 Å². The summed E-state index contributed by atoms with van der Waals surface area (Å²) in [6.07, 6.45) is 0. The van der Waals surface area contributed by atoms with E-state index in [1.807, 2.05) is 29.2 Å². The lowest BCUT2D eigenvalue weighted by molar-refractivity contribution is -0.118. The molecule has 0 saturated carbocycles. The first-order chi connectivity index (χ1) is 12.6. The van der Waals surface area contributed by atoms with Gasteiger partial charge in [-0.3, -0.25) is 9.59 Å². The zero-order chi connectivity index (χ0) is 18.1. The average molecular weight is 408 g/mol. The van der Waals surface area contributed by atoms with E-state index < -0.39 is 0 Å². The summed E-state index contributed by atoms with van der Waals surface area (Å²) in [5.41, 5.74) is 2.04. The summed E-state index contributed by atoms with van der Waals surface area (Å²) in [6.45, 7) is 1.98. The zero-order valence-electron chi connectivity index (χ0n) is 14.4. The number of nitrogens with one attached hydrogen (secondary N) is 2. The van der Waals surface area contributed by atoms with Crippen LogP contribution in [-0.4, -0.2) is 43.0 Å². The summed E-state index contributed by atoms with van der Waals surface area (Å²) in [6, 6.07) is 12.6. The van der Waals surface area contributed by atoms with Gasteiger partial charge in [0.15, 0.2) is 6.61 Å². The Labute approximate surface area is 168 Å². The molecule has 8 heteroatoms. The second-order valence-electron chi connectivity index (χ2n) is 6.32. The van der Waals surface area contributed by atoms with Gasteiger partial charge in [0, 0.05) is 30.2 Å². The van der Waals surface area contributed by atoms with Crippen molar-refractivity contribution in [2.45, 2.75) is 6.04 Å². The standard InChI is InChI=1S/C19H18ClN3O3.ClH/c20-14-3-1-2-12(8-14)16-10-21-6-7-23(16)19(25)13-4-5-17-15(9-13)22-18(24)11-26-17;/h1-5,8-9,16,21H,6-7,10-11H2,(H,22,24);1H. The number of amides is 2. The van der Waals surface area contributed by atoms with Crippen molar-refractivity contribution in [1.29, 1.82) is 0 Å². The highest BCUT2D eigenvalue weighted by Crippen LogP contribution is 2.31. The van der Waals surface area contributed by atoms with Gasteiger partial charge in [-0.15, -0.1) is 12.4 Å². The third-order valence-electron chi connectivity index (χ3n) is 4.60. The van der Waals surface area contributed by atoms with Crippen molar-refractivity contribution in [3.8, 4) is 5.75 Å². The van der Waals surface area contributed by atoms with Gasteiger partial charge in [0.2, 0.25) is 0 Å². The van der Waals surface area contributed by atoms with Crippen LogP contribution in [0.5, 0.6) is 5.75 Å². The molecule has 2 amide bonds. The van der Waals surface area contributed by atoms with Crippen molar-refractivity contribution in [3.05, 3.63) is 58.6 Å². The molecule has 2 N–H and O–H groups in total. The number of ether oxygens (including phenoxy) is 1. The van der Waals surface area contributed by atoms with Gasteiger partial charge in [0.25, 0.3) is 11.8 Å². The van der Waals surface area contributed by atoms with Gasteiger partial charge in [0.05, 0.1) is 11.7 Å². The number of carbonyl (C=O) groups excluding carboxylic acids is 2. The number of rotatable bonds is 2. The van der Waals surface area contributed by atoms with Gasteiger partial charge in [-0.25, -0.2) is 0 Å². The number of fused-ring (bicyclic) bond motifs is 1. The maximum Gasteiger partial charge on any atom is 0.262 e. The molecule has 2 aliphatic rings. The lowest BCUT2D eigenvalue weighted by Crippen LogP contribution is -2.48. The van der Waals surface area contributed by atoms with Gasteiger partial charge in [-0.1, -0.05) is 23.7 Å². The first-order valence-corrected chi connectivity index (χ1v) is 8.83. The quantitative estimate of drug-likeness (QED) is 0.802. The number of hydrogen-bond acceptors (Lipinski definition) is 4. The molecule has 0 radical (unpaired) electrons. The predicted molar refractivity (Wildman–Crippen MR) is 106 cm³/mol. The molecule has 0 aromatic heterocycles. The van der Waals surface area contributed by atoms with Gasteiger partial charge >= 0.3 is 0 Å². The van der Waals surface area contributed by atoms with Crippen molar-refractivity contribution in [2.24, 2.45) is 0 Å². The van der Waals surface area contributed by atoms with E-state index in [1.165, 1.54) is 0 Å². The number of carbonyl (C=O) groups is 2. The fourth-order valence-corrected chi connectivity index (χ4v) is 3.54. The van der Waals surface area contributed by atoms with Gasteiger partial charge in [-0.2, -0.15) is 0 Å². The molecular weight excluding hydrogens is 389 g/mol. The van der Waals surface area contributed by atoms with E-state index in [-0.39, 0.29) is 36.9 Å². The molecule has 0 spiro atoms. The molecule has 1 saturated heterocycles. The van der Waals surface area contributed by atoms with Crippen LogP contribution >= 0.6 is 24.0 Å². The first kappa shape index (κ1) is 19.5. The van der Waals surface area contributed by atoms with Gasteiger partial charge < -0.3 is 20.3 Å². The number of piperazine rings is 1. The van der Waals surface area contributed by atoms with Crippen LogP contribution in [0.1, 0.15) is 22.0 Å². The Hall–Kier alpha value is -2.28. The lowest BCUT2D eigenvalue weighted by Gasteiger charge is -2.37. The van der Waals surface area contributed by atoms with E-state index in [2.05, 4.69) is 10.6 Å². The van der Waals surface area contributed by atoms with Crippen molar-refractivity contribution >= 4 is 41.5 Å². The molecule has 2 aromatic rings. The van der Waals surface area contributed by atoms with Crippen LogP contribution in [0.2, 0.25) is 5.02 Å². The summed E-state index contributed by atoms with van der Waals surface area (Å²) in [5.74, 6) is 0.271. The topological polar surface area (TPSA) is 70.7 Å². The lowest BCUT2D eigenvalue weighted by atomic mass is 10.0. The molecule has 0 aliphatic carbocycles. The average Bonchev–Trinajstić information content (AvgIpc) is 2.67. The Bertz CT molecular complexity index is 875. The molecule has 2 aromatic carbocycles. The minimum Gasteiger partial charge on any atom is -0.482 e. The zero-order valence-corrected chi connectivity index (χ0v) is 16.0. The monoisotopic (exact) mass is 407 g/mol. The Balaban J connectivity index is 0.00000210. The van der Waals surface area contributed by atoms with Crippen molar-refractivity contribution < 1.29 is 14.3 Å². The Morgan fingerprint density at radius 2 is 2.07 bits per heavy atom. The van der Waals surface area contributed by atoms with Crippen LogP contribution in [0, 0.1) is 0 Å². The highest BCUT2D eigenvalue weighted by Gasteiger charge is 2.29. The van der Waals surface area contributed by atoms with Crippen molar-refractivity contribution in [2.75, 3.05) is 31.6 Å². The number of anilines is 1. The van der Waals surface area contributed by atoms with Crippen LogP contribution in [0.15, 0.2) is 42.5 Å². The second-order valence-corrected chi connectivity index (χ2v) is 6.76. The molecule has 1 fully saturated rings. The summed E-state index contributed by atoms with van der Waals surface area (Å²) >= 11 is 6.12. The van der Waals surface area contributed by atoms with Crippen LogP contribution in [0.3, 0.4) is 0 Å². The van der Waals surface area contributed by atoms with E-state index in [0.29, 0.717) is 35.1 Å². The number of nitrogens with zero attached hydrogens (tertiary/aromatic N) is 1. The Kier molecular flexibility index (Phi) is 5.89. The van der Waals surface area contributed by atoms with Crippen molar-refractivity contribution in [3.63, 3.8) is 0 Å². The SMILES string of the molecule is Cl.O=C1COc2ccc(C(=O)N3CCNCC3c3cccc(Cl)c3)cc2N1. The van der Waals surface area contributed by atoms with Crippen LogP contribution in [0.25, 0.3) is 0 Å². The molecule has 2 heterocycles. The second kappa shape index (κ2) is 8.17. The minimum atomic E-state index is -0.221. The van der Waals surface area contributed by atoms with E-state index in [1.54, 1.807) is 18.2 Å². The molecule has 6 nitrogen and oxygen atoms in total. The van der Waals surface area contributed by atoms with E-state index in [4.69, 9.17) is 16.3 Å². The molecule has 1 unspecified atom stereocenters. The fourth-order valence-electron chi connectivity index (χ4n) is 3.34. The normalized spacial score (nSPS) is 18.6. The smallest absolute Gasteiger partial charge is 0.262 e. The molecule has 0 bridgehead atoms. The summed E-state index contributed by atoms with van der Waals surface area (Å²) < 4.78 is 5.36. The third-order valence-corrected chi connectivity index (χ3v) is 4.83. The number of hydrogen-bond donors (Lipinski definition) is 2. The molecule has 4 rings (SSSR count). The summed E-state index contributed by atoms with van der Waals surface area (Å²) in [5, 5.41) is 6.72. The molecule has 142 valence electrons. The van der Waals surface area contributed by atoms with Crippen LogP contribution < -0.4 is 15.4 Å². The molecule has 27 heavy (non-hydrogen) atoms. The van der Waals surface area contributed by atoms with Crippen LogP contribution in [-0.2, 0) is 4.79 Å². The predicted octanol–water partition coefficient (Wildman–Crippen LogP) is 2.88. The fraction of sp³-hybridized carbons (Fsp3) is 0.263. The molecular formula is C19H19Cl2N3O3. The Morgan fingerprint density at radius 3 is 2.89 bits per heavy atom. The minimum absolute atomic E-state index is 0. The molecule has 1 atom stereocenters. The highest BCUT2D eigenvalue weighted by atomic mass is 35.5. The largest absolute Gasteiger partial charge is 0.482 e. The van der Waals surface area contributed by atoms with Gasteiger partial charge in [0.1, 0.15) is 5.75 Å². The maximum atomic E-state index is 13.1. The first-order valence-electron chi connectivity index (χ1n) is 8.46. The van der Waals surface area contributed by atoms with Gasteiger partial charge in [-0.05, 0) is 35.9 Å². The highest BCUT2D eigenvalue weighted by molar-refractivity contribution is 6.30. The number of halogens is 2. The Morgan fingerprint density at radius 1 is 1.22 bits per heavy atom. The summed E-state index contributed by atoms with van der Waals surface area (Å²) in [7, 11) is 0. The van der Waals surface area contributed by atoms with E-state index >= 15 is 0 Å². The number of benzene rings is 2. The van der Waals surface area contributed by atoms with Crippen molar-refractivity contribution in [1.82, 2.24) is 10.2 Å². The molecule has 2 aliphatic heterocycles. The summed E-state index contributed by atoms with van der Waals surface area (Å²) in [4.78, 5) is 26.5. The van der Waals surface area contributed by atoms with E-state index in [9.17, 15) is 9.59 Å².